The van der Waals surface area contributed by atoms with Crippen molar-refractivity contribution in [2.24, 2.45) is 0 Å². The molecule has 0 unspecified atom stereocenters. The Morgan fingerprint density at radius 1 is 1.12 bits per heavy atom. The average molecular weight is 343 g/mol. The van der Waals surface area contributed by atoms with Gasteiger partial charge in [0.25, 0.3) is 5.91 Å². The highest BCUT2D eigenvalue weighted by molar-refractivity contribution is 6.33. The van der Waals surface area contributed by atoms with Crippen LogP contribution in [0.2, 0.25) is 5.02 Å². The summed E-state index contributed by atoms with van der Waals surface area (Å²) in [6, 6.07) is 14.6. The molecule has 0 saturated heterocycles. The van der Waals surface area contributed by atoms with Crippen LogP contribution in [0.25, 0.3) is 5.69 Å². The summed E-state index contributed by atoms with van der Waals surface area (Å²) in [6.07, 6.45) is 3.11. The maximum absolute atomic E-state index is 12.3. The SMILES string of the molecule is O=C(NCCOc1ccccc1)c1cc(-n2cnnc2)ccc1Cl. The van der Waals surface area contributed by atoms with Crippen molar-refractivity contribution < 1.29 is 9.53 Å². The number of ether oxygens (including phenoxy) is 1. The normalized spacial score (nSPS) is 10.4. The van der Waals surface area contributed by atoms with E-state index >= 15 is 0 Å². The molecule has 0 spiro atoms. The number of amides is 1. The predicted molar refractivity (Wildman–Crippen MR) is 90.6 cm³/mol. The Kier molecular flexibility index (Phi) is 5.08. The van der Waals surface area contributed by atoms with Gasteiger partial charge in [-0.25, -0.2) is 0 Å². The summed E-state index contributed by atoms with van der Waals surface area (Å²) in [5, 5.41) is 10.7. The van der Waals surface area contributed by atoms with Crippen molar-refractivity contribution in [2.75, 3.05) is 13.2 Å². The minimum atomic E-state index is -0.258. The summed E-state index contributed by atoms with van der Waals surface area (Å²) in [6.45, 7) is 0.749. The number of nitrogens with zero attached hydrogens (tertiary/aromatic N) is 3. The highest BCUT2D eigenvalue weighted by Crippen LogP contribution is 2.19. The third-order valence-electron chi connectivity index (χ3n) is 3.31. The van der Waals surface area contributed by atoms with E-state index in [1.165, 1.54) is 0 Å². The maximum atomic E-state index is 12.3. The third-order valence-corrected chi connectivity index (χ3v) is 3.64. The first-order valence-electron chi connectivity index (χ1n) is 7.34. The first-order valence-corrected chi connectivity index (χ1v) is 7.72. The second-order valence-corrected chi connectivity index (χ2v) is 5.36. The predicted octanol–water partition coefficient (Wildman–Crippen LogP) is 2.73. The number of benzene rings is 2. The second-order valence-electron chi connectivity index (χ2n) is 4.95. The maximum Gasteiger partial charge on any atom is 0.252 e. The Morgan fingerprint density at radius 2 is 1.88 bits per heavy atom. The largest absolute Gasteiger partial charge is 0.492 e. The van der Waals surface area contributed by atoms with Crippen molar-refractivity contribution >= 4 is 17.5 Å². The van der Waals surface area contributed by atoms with Gasteiger partial charge in [0.1, 0.15) is 25.0 Å². The summed E-state index contributed by atoms with van der Waals surface area (Å²) >= 11 is 6.13. The zero-order valence-electron chi connectivity index (χ0n) is 12.7. The van der Waals surface area contributed by atoms with Crippen molar-refractivity contribution in [3.63, 3.8) is 0 Å². The molecule has 122 valence electrons. The van der Waals surface area contributed by atoms with Gasteiger partial charge in [0, 0.05) is 5.69 Å². The van der Waals surface area contributed by atoms with Crippen LogP contribution in [0.1, 0.15) is 10.4 Å². The number of hydrogen-bond donors (Lipinski definition) is 1. The van der Waals surface area contributed by atoms with Gasteiger partial charge in [0.2, 0.25) is 0 Å². The quantitative estimate of drug-likeness (QED) is 0.699. The zero-order valence-corrected chi connectivity index (χ0v) is 13.5. The molecule has 2 aromatic carbocycles. The first-order chi connectivity index (χ1) is 11.7. The molecule has 3 aromatic rings. The molecule has 0 aliphatic rings. The van der Waals surface area contributed by atoms with Gasteiger partial charge in [0.15, 0.2) is 0 Å². The number of para-hydroxylation sites is 1. The molecule has 6 nitrogen and oxygen atoms in total. The minimum absolute atomic E-state index is 0.258. The third kappa shape index (κ3) is 3.91. The van der Waals surface area contributed by atoms with Gasteiger partial charge in [-0.15, -0.1) is 10.2 Å². The molecule has 0 atom stereocenters. The van der Waals surface area contributed by atoms with Crippen LogP contribution < -0.4 is 10.1 Å². The summed E-state index contributed by atoms with van der Waals surface area (Å²) in [7, 11) is 0. The summed E-state index contributed by atoms with van der Waals surface area (Å²) in [4.78, 5) is 12.3. The fraction of sp³-hybridized carbons (Fsp3) is 0.118. The lowest BCUT2D eigenvalue weighted by molar-refractivity contribution is 0.0947. The topological polar surface area (TPSA) is 69.0 Å². The molecular weight excluding hydrogens is 328 g/mol. The summed E-state index contributed by atoms with van der Waals surface area (Å²) in [5.41, 5.74) is 1.15. The van der Waals surface area contributed by atoms with E-state index in [1.807, 2.05) is 30.3 Å². The smallest absolute Gasteiger partial charge is 0.252 e. The lowest BCUT2D eigenvalue weighted by Crippen LogP contribution is -2.28. The van der Waals surface area contributed by atoms with Gasteiger partial charge in [0.05, 0.1) is 17.1 Å². The first kappa shape index (κ1) is 16.0. The van der Waals surface area contributed by atoms with Crippen LogP contribution in [0, 0.1) is 0 Å². The fourth-order valence-electron chi connectivity index (χ4n) is 2.13. The molecule has 3 rings (SSSR count). The van der Waals surface area contributed by atoms with Crippen LogP contribution in [0.5, 0.6) is 5.75 Å². The molecule has 1 N–H and O–H groups in total. The Bertz CT molecular complexity index is 807. The molecular formula is C17H15ClN4O2. The average Bonchev–Trinajstić information content (AvgIpc) is 3.14. The number of halogens is 1. The van der Waals surface area contributed by atoms with Crippen molar-refractivity contribution in [3.8, 4) is 11.4 Å². The van der Waals surface area contributed by atoms with E-state index in [2.05, 4.69) is 15.5 Å². The highest BCUT2D eigenvalue weighted by atomic mass is 35.5. The van der Waals surface area contributed by atoms with Gasteiger partial charge in [-0.05, 0) is 30.3 Å². The Labute approximate surface area is 144 Å². The van der Waals surface area contributed by atoms with E-state index in [-0.39, 0.29) is 5.91 Å². The van der Waals surface area contributed by atoms with E-state index in [1.54, 1.807) is 35.4 Å². The summed E-state index contributed by atoms with van der Waals surface area (Å²) < 4.78 is 7.24. The van der Waals surface area contributed by atoms with Crippen LogP contribution in [-0.4, -0.2) is 33.8 Å². The van der Waals surface area contributed by atoms with Gasteiger partial charge < -0.3 is 10.1 Å². The number of aromatic nitrogens is 3. The lowest BCUT2D eigenvalue weighted by Gasteiger charge is -2.10. The number of rotatable bonds is 6. The van der Waals surface area contributed by atoms with E-state index in [0.29, 0.717) is 23.7 Å². The second kappa shape index (κ2) is 7.61. The molecule has 1 amide bonds. The van der Waals surface area contributed by atoms with E-state index < -0.39 is 0 Å². The fourth-order valence-corrected chi connectivity index (χ4v) is 2.33. The van der Waals surface area contributed by atoms with Crippen LogP contribution in [0.4, 0.5) is 0 Å². The van der Waals surface area contributed by atoms with E-state index in [9.17, 15) is 4.79 Å². The molecule has 0 saturated carbocycles. The van der Waals surface area contributed by atoms with E-state index in [4.69, 9.17) is 16.3 Å². The van der Waals surface area contributed by atoms with Gasteiger partial charge in [-0.3, -0.25) is 9.36 Å². The molecule has 7 heteroatoms. The Morgan fingerprint density at radius 3 is 2.62 bits per heavy atom. The molecule has 0 radical (unpaired) electrons. The highest BCUT2D eigenvalue weighted by Gasteiger charge is 2.11. The monoisotopic (exact) mass is 342 g/mol. The van der Waals surface area contributed by atoms with Gasteiger partial charge >= 0.3 is 0 Å². The molecule has 1 heterocycles. The summed E-state index contributed by atoms with van der Waals surface area (Å²) in [5.74, 6) is 0.506. The minimum Gasteiger partial charge on any atom is -0.492 e. The number of carbonyl (C=O) groups excluding carboxylic acids is 1. The van der Waals surface area contributed by atoms with Crippen molar-refractivity contribution in [1.82, 2.24) is 20.1 Å². The Hall–Kier alpha value is -2.86. The lowest BCUT2D eigenvalue weighted by atomic mass is 10.2. The van der Waals surface area contributed by atoms with Crippen LogP contribution >= 0.6 is 11.6 Å². The Balaban J connectivity index is 1.59. The van der Waals surface area contributed by atoms with Crippen molar-refractivity contribution in [3.05, 3.63) is 71.8 Å². The molecule has 1 aromatic heterocycles. The van der Waals surface area contributed by atoms with Crippen molar-refractivity contribution in [2.45, 2.75) is 0 Å². The number of carbonyl (C=O) groups is 1. The number of hydrogen-bond acceptors (Lipinski definition) is 4. The van der Waals surface area contributed by atoms with E-state index in [0.717, 1.165) is 11.4 Å². The van der Waals surface area contributed by atoms with Crippen LogP contribution in [0.3, 0.4) is 0 Å². The molecule has 24 heavy (non-hydrogen) atoms. The molecule has 0 aliphatic heterocycles. The standard InChI is InChI=1S/C17H15ClN4O2/c18-16-7-6-13(22-11-20-21-12-22)10-15(16)17(23)19-8-9-24-14-4-2-1-3-5-14/h1-7,10-12H,8-9H2,(H,19,23). The van der Waals surface area contributed by atoms with Gasteiger partial charge in [-0.1, -0.05) is 29.8 Å². The zero-order chi connectivity index (χ0) is 16.8. The number of nitrogens with one attached hydrogen (secondary N) is 1. The molecule has 0 fully saturated rings. The molecule has 0 aliphatic carbocycles. The van der Waals surface area contributed by atoms with Crippen molar-refractivity contribution in [1.29, 1.82) is 0 Å². The van der Waals surface area contributed by atoms with Gasteiger partial charge in [-0.2, -0.15) is 0 Å². The van der Waals surface area contributed by atoms with Crippen LogP contribution in [-0.2, 0) is 0 Å². The van der Waals surface area contributed by atoms with Crippen LogP contribution in [0.15, 0.2) is 61.2 Å². The molecule has 0 bridgehead atoms.